The van der Waals surface area contributed by atoms with Crippen LogP contribution in [0.3, 0.4) is 0 Å². The van der Waals surface area contributed by atoms with Crippen LogP contribution in [0.1, 0.15) is 12.8 Å². The topological polar surface area (TPSA) is 15.3 Å². The molecular formula is C5H10N2S2. The second kappa shape index (κ2) is 3.39. The highest BCUT2D eigenvalue weighted by Gasteiger charge is 2.08. The summed E-state index contributed by atoms with van der Waals surface area (Å²) in [6.45, 7) is 2.03. The van der Waals surface area contributed by atoms with E-state index in [1.165, 1.54) is 12.8 Å². The van der Waals surface area contributed by atoms with Crippen LogP contribution < -0.4 is 5.43 Å². The molecule has 0 aliphatic carbocycles. The zero-order valence-corrected chi connectivity index (χ0v) is 6.84. The SMILES string of the molecule is S=C(S)N1CCCCN1. The summed E-state index contributed by atoms with van der Waals surface area (Å²) >= 11 is 8.88. The maximum atomic E-state index is 4.84. The van der Waals surface area contributed by atoms with Gasteiger partial charge in [-0.1, -0.05) is 12.2 Å². The van der Waals surface area contributed by atoms with E-state index in [1.807, 2.05) is 5.01 Å². The van der Waals surface area contributed by atoms with Gasteiger partial charge in [0, 0.05) is 13.1 Å². The van der Waals surface area contributed by atoms with Crippen molar-refractivity contribution in [3.63, 3.8) is 0 Å². The van der Waals surface area contributed by atoms with Gasteiger partial charge in [0.05, 0.1) is 0 Å². The minimum Gasteiger partial charge on any atom is -0.293 e. The highest BCUT2D eigenvalue weighted by Crippen LogP contribution is 2.01. The molecule has 1 aliphatic heterocycles. The van der Waals surface area contributed by atoms with Crippen LogP contribution in [0, 0.1) is 0 Å². The molecule has 52 valence electrons. The number of thiol groups is 1. The predicted octanol–water partition coefficient (Wildman–Crippen LogP) is 0.801. The van der Waals surface area contributed by atoms with Gasteiger partial charge in [0.25, 0.3) is 0 Å². The lowest BCUT2D eigenvalue weighted by Crippen LogP contribution is -2.44. The van der Waals surface area contributed by atoms with Gasteiger partial charge in [-0.05, 0) is 12.8 Å². The van der Waals surface area contributed by atoms with Crippen molar-refractivity contribution in [3.05, 3.63) is 0 Å². The Kier molecular flexibility index (Phi) is 2.75. The fourth-order valence-corrected chi connectivity index (χ4v) is 1.18. The molecule has 1 N–H and O–H groups in total. The van der Waals surface area contributed by atoms with Crippen LogP contribution in [0.2, 0.25) is 0 Å². The lowest BCUT2D eigenvalue weighted by atomic mass is 10.3. The molecule has 0 radical (unpaired) electrons. The van der Waals surface area contributed by atoms with Crippen molar-refractivity contribution in [3.8, 4) is 0 Å². The van der Waals surface area contributed by atoms with Crippen molar-refractivity contribution in [2.75, 3.05) is 13.1 Å². The average molecular weight is 162 g/mol. The van der Waals surface area contributed by atoms with Gasteiger partial charge in [-0.15, -0.1) is 12.6 Å². The Morgan fingerprint density at radius 2 is 2.33 bits per heavy atom. The average Bonchev–Trinajstić information content (AvgIpc) is 1.90. The zero-order valence-electron chi connectivity index (χ0n) is 5.13. The third-order valence-corrected chi connectivity index (χ3v) is 1.80. The minimum absolute atomic E-state index is 0.648. The summed E-state index contributed by atoms with van der Waals surface area (Å²) in [6, 6.07) is 0. The number of hydrazine groups is 1. The van der Waals surface area contributed by atoms with E-state index in [9.17, 15) is 0 Å². The number of rotatable bonds is 0. The van der Waals surface area contributed by atoms with E-state index in [2.05, 4.69) is 18.1 Å². The van der Waals surface area contributed by atoms with Gasteiger partial charge >= 0.3 is 0 Å². The molecule has 0 aromatic rings. The summed E-state index contributed by atoms with van der Waals surface area (Å²) in [6.07, 6.45) is 2.46. The smallest absolute Gasteiger partial charge is 0.147 e. The summed E-state index contributed by atoms with van der Waals surface area (Å²) in [4.78, 5) is 0. The van der Waals surface area contributed by atoms with Crippen LogP contribution in [0.5, 0.6) is 0 Å². The Bertz CT molecular complexity index is 110. The maximum absolute atomic E-state index is 4.84. The normalized spacial score (nSPS) is 19.9. The van der Waals surface area contributed by atoms with Crippen molar-refractivity contribution < 1.29 is 0 Å². The van der Waals surface area contributed by atoms with Gasteiger partial charge in [-0.2, -0.15) is 0 Å². The van der Waals surface area contributed by atoms with Crippen molar-refractivity contribution in [1.29, 1.82) is 0 Å². The van der Waals surface area contributed by atoms with Gasteiger partial charge in [-0.3, -0.25) is 5.01 Å². The number of nitrogens with zero attached hydrogens (tertiary/aromatic N) is 1. The minimum atomic E-state index is 0.648. The first-order valence-corrected chi connectivity index (χ1v) is 3.90. The standard InChI is InChI=1S/C5H10N2S2/c8-5(9)7-4-2-1-3-6-7/h6H,1-4H2,(H,8,9). The molecule has 9 heavy (non-hydrogen) atoms. The van der Waals surface area contributed by atoms with E-state index in [0.29, 0.717) is 4.32 Å². The number of hydrogen-bond donors (Lipinski definition) is 2. The Morgan fingerprint density at radius 1 is 1.56 bits per heavy atom. The monoisotopic (exact) mass is 162 g/mol. The molecule has 1 aliphatic rings. The van der Waals surface area contributed by atoms with E-state index in [1.54, 1.807) is 0 Å². The van der Waals surface area contributed by atoms with Crippen molar-refractivity contribution in [1.82, 2.24) is 10.4 Å². The first-order valence-electron chi connectivity index (χ1n) is 3.04. The van der Waals surface area contributed by atoms with E-state index in [-0.39, 0.29) is 0 Å². The molecule has 0 spiro atoms. The molecule has 4 heteroatoms. The van der Waals surface area contributed by atoms with Crippen molar-refractivity contribution >= 4 is 29.2 Å². The number of hydrogen-bond acceptors (Lipinski definition) is 2. The summed E-state index contributed by atoms with van der Waals surface area (Å²) in [7, 11) is 0. The molecule has 0 amide bonds. The Hall–Kier alpha value is 0.200. The van der Waals surface area contributed by atoms with Crippen LogP contribution in [0.15, 0.2) is 0 Å². The molecule has 1 fully saturated rings. The Balaban J connectivity index is 2.31. The highest BCUT2D eigenvalue weighted by molar-refractivity contribution is 8.10. The molecule has 0 unspecified atom stereocenters. The number of nitrogens with one attached hydrogen (secondary N) is 1. The number of thiocarbonyl (C=S) groups is 1. The predicted molar refractivity (Wildman–Crippen MR) is 45.5 cm³/mol. The van der Waals surface area contributed by atoms with Gasteiger partial charge in [0.2, 0.25) is 0 Å². The summed E-state index contributed by atoms with van der Waals surface area (Å²) < 4.78 is 0.648. The van der Waals surface area contributed by atoms with E-state index < -0.39 is 0 Å². The van der Waals surface area contributed by atoms with E-state index in [4.69, 9.17) is 12.2 Å². The second-order valence-electron chi connectivity index (χ2n) is 2.05. The van der Waals surface area contributed by atoms with E-state index >= 15 is 0 Å². The first kappa shape index (κ1) is 7.31. The molecule has 0 saturated carbocycles. The lowest BCUT2D eigenvalue weighted by molar-refractivity contribution is 0.266. The molecular weight excluding hydrogens is 152 g/mol. The van der Waals surface area contributed by atoms with Crippen LogP contribution in [-0.2, 0) is 0 Å². The molecule has 0 bridgehead atoms. The zero-order chi connectivity index (χ0) is 6.69. The summed E-state index contributed by atoms with van der Waals surface area (Å²) in [5.41, 5.74) is 3.13. The molecule has 0 aromatic carbocycles. The molecule has 0 atom stereocenters. The van der Waals surface area contributed by atoms with Crippen molar-refractivity contribution in [2.45, 2.75) is 12.8 Å². The van der Waals surface area contributed by atoms with Gasteiger partial charge < -0.3 is 0 Å². The Morgan fingerprint density at radius 3 is 2.67 bits per heavy atom. The van der Waals surface area contributed by atoms with Gasteiger partial charge in [-0.25, -0.2) is 5.43 Å². The fraction of sp³-hybridized carbons (Fsp3) is 0.800. The first-order chi connectivity index (χ1) is 4.30. The molecule has 0 aromatic heterocycles. The highest BCUT2D eigenvalue weighted by atomic mass is 32.1. The third-order valence-electron chi connectivity index (χ3n) is 1.34. The van der Waals surface area contributed by atoms with Crippen molar-refractivity contribution in [2.24, 2.45) is 0 Å². The lowest BCUT2D eigenvalue weighted by Gasteiger charge is -2.27. The second-order valence-corrected chi connectivity index (χ2v) is 3.16. The third kappa shape index (κ3) is 2.12. The quantitative estimate of drug-likeness (QED) is 0.405. The fourth-order valence-electron chi connectivity index (χ4n) is 0.851. The molecule has 2 nitrogen and oxygen atoms in total. The van der Waals surface area contributed by atoms with Crippen LogP contribution in [-0.4, -0.2) is 22.4 Å². The summed E-state index contributed by atoms with van der Waals surface area (Å²) in [5, 5.41) is 1.90. The van der Waals surface area contributed by atoms with E-state index in [0.717, 1.165) is 13.1 Å². The van der Waals surface area contributed by atoms with Crippen LogP contribution in [0.4, 0.5) is 0 Å². The largest absolute Gasteiger partial charge is 0.293 e. The molecule has 1 rings (SSSR count). The molecule has 1 saturated heterocycles. The van der Waals surface area contributed by atoms with Gasteiger partial charge in [0.15, 0.2) is 0 Å². The molecule has 1 heterocycles. The Labute approximate surface area is 66.0 Å². The summed E-state index contributed by atoms with van der Waals surface area (Å²) in [5.74, 6) is 0. The van der Waals surface area contributed by atoms with Gasteiger partial charge in [0.1, 0.15) is 4.32 Å². The van der Waals surface area contributed by atoms with Crippen LogP contribution in [0.25, 0.3) is 0 Å². The van der Waals surface area contributed by atoms with Crippen LogP contribution >= 0.6 is 24.8 Å². The maximum Gasteiger partial charge on any atom is 0.147 e.